The fourth-order valence-corrected chi connectivity index (χ4v) is 2.50. The molecule has 84 valence electrons. The van der Waals surface area contributed by atoms with Crippen LogP contribution in [0.1, 0.15) is 0 Å². The predicted molar refractivity (Wildman–Crippen MR) is 58.7 cm³/mol. The van der Waals surface area contributed by atoms with Crippen molar-refractivity contribution in [2.45, 2.75) is 4.90 Å². The Bertz CT molecular complexity index is 565. The van der Waals surface area contributed by atoms with Crippen LogP contribution in [-0.4, -0.2) is 27.2 Å². The van der Waals surface area contributed by atoms with Crippen LogP contribution in [0.15, 0.2) is 33.6 Å². The monoisotopic (exact) mass is 239 g/mol. The quantitative estimate of drug-likeness (QED) is 0.767. The van der Waals surface area contributed by atoms with Gasteiger partial charge in [-0.3, -0.25) is 4.79 Å². The first-order valence-electron chi connectivity index (χ1n) is 4.45. The molecule has 2 N–H and O–H groups in total. The van der Waals surface area contributed by atoms with Gasteiger partial charge in [0, 0.05) is 0 Å². The third-order valence-corrected chi connectivity index (χ3v) is 3.38. The molecule has 0 saturated carbocycles. The third-order valence-electron chi connectivity index (χ3n) is 2.10. The lowest BCUT2D eigenvalue weighted by atomic mass is 10.3. The summed E-state index contributed by atoms with van der Waals surface area (Å²) in [4.78, 5) is 12.3. The molecule has 1 aliphatic heterocycles. The van der Waals surface area contributed by atoms with E-state index in [1.807, 2.05) is 0 Å². The van der Waals surface area contributed by atoms with E-state index in [0.29, 0.717) is 5.69 Å². The summed E-state index contributed by atoms with van der Waals surface area (Å²) in [5.41, 5.74) is 5.47. The molecule has 1 aromatic carbocycles. The first kappa shape index (κ1) is 10.6. The fraction of sp³-hybridized carbons (Fsp3) is 0.111. The average Bonchev–Trinajstić information content (AvgIpc) is 2.23. The van der Waals surface area contributed by atoms with Gasteiger partial charge in [0.05, 0.1) is 5.69 Å². The number of fused-ring (bicyclic) bond motifs is 1. The van der Waals surface area contributed by atoms with Crippen molar-refractivity contribution in [2.75, 3.05) is 11.4 Å². The summed E-state index contributed by atoms with van der Waals surface area (Å²) in [6, 6.07) is 6.32. The molecule has 0 radical (unpaired) electrons. The average molecular weight is 239 g/mol. The zero-order chi connectivity index (χ0) is 11.8. The molecule has 0 atom stereocenters. The van der Waals surface area contributed by atoms with E-state index < -0.39 is 15.9 Å². The van der Waals surface area contributed by atoms with Crippen molar-refractivity contribution in [3.8, 4) is 0 Å². The Balaban J connectivity index is 2.53. The molecule has 6 nitrogen and oxygen atoms in total. The van der Waals surface area contributed by atoms with Crippen molar-refractivity contribution in [3.63, 3.8) is 0 Å². The summed E-state index contributed by atoms with van der Waals surface area (Å²) in [7, 11) is -3.64. The zero-order valence-corrected chi connectivity index (χ0v) is 9.02. The van der Waals surface area contributed by atoms with Crippen molar-refractivity contribution in [1.82, 2.24) is 0 Å². The largest absolute Gasteiger partial charge is 0.368 e. The van der Waals surface area contributed by atoms with Crippen LogP contribution in [0.5, 0.6) is 0 Å². The molecular formula is C9H9N3O3S. The van der Waals surface area contributed by atoms with E-state index in [9.17, 15) is 13.2 Å². The highest BCUT2D eigenvalue weighted by Gasteiger charge is 2.25. The molecule has 0 unspecified atom stereocenters. The van der Waals surface area contributed by atoms with Crippen LogP contribution in [0.4, 0.5) is 5.69 Å². The summed E-state index contributed by atoms with van der Waals surface area (Å²) in [6.45, 7) is -0.101. The molecule has 2 rings (SSSR count). The number of primary amides is 1. The van der Waals surface area contributed by atoms with Gasteiger partial charge in [0.25, 0.3) is 10.0 Å². The third kappa shape index (κ3) is 1.76. The molecule has 0 saturated heterocycles. The van der Waals surface area contributed by atoms with Crippen LogP contribution in [-0.2, 0) is 14.8 Å². The molecule has 0 fully saturated rings. The smallest absolute Gasteiger partial charge is 0.285 e. The highest BCUT2D eigenvalue weighted by Crippen LogP contribution is 2.28. The van der Waals surface area contributed by atoms with Crippen LogP contribution >= 0.6 is 0 Å². The minimum atomic E-state index is -3.64. The molecule has 1 aliphatic rings. The molecule has 16 heavy (non-hydrogen) atoms. The van der Waals surface area contributed by atoms with Gasteiger partial charge in [-0.15, -0.1) is 4.40 Å². The zero-order valence-electron chi connectivity index (χ0n) is 8.20. The second kappa shape index (κ2) is 3.60. The maximum Gasteiger partial charge on any atom is 0.285 e. The highest BCUT2D eigenvalue weighted by molar-refractivity contribution is 7.90. The number of nitrogens with zero attached hydrogens (tertiary/aromatic N) is 2. The number of hydrogen-bond acceptors (Lipinski definition) is 4. The number of nitrogens with two attached hydrogens (primary N) is 1. The van der Waals surface area contributed by atoms with Gasteiger partial charge in [-0.1, -0.05) is 12.1 Å². The van der Waals surface area contributed by atoms with Gasteiger partial charge in [-0.05, 0) is 12.1 Å². The van der Waals surface area contributed by atoms with Crippen LogP contribution in [0.2, 0.25) is 0 Å². The van der Waals surface area contributed by atoms with Gasteiger partial charge in [-0.25, -0.2) is 0 Å². The number of hydrogen-bond donors (Lipinski definition) is 1. The number of rotatable bonds is 2. The van der Waals surface area contributed by atoms with Crippen molar-refractivity contribution < 1.29 is 13.2 Å². The van der Waals surface area contributed by atoms with Gasteiger partial charge in [0.1, 0.15) is 17.8 Å². The lowest BCUT2D eigenvalue weighted by Gasteiger charge is -2.23. The highest BCUT2D eigenvalue weighted by atomic mass is 32.2. The maximum atomic E-state index is 11.6. The Hall–Kier alpha value is -1.89. The fourth-order valence-electron chi connectivity index (χ4n) is 1.44. The van der Waals surface area contributed by atoms with Crippen LogP contribution in [0, 0.1) is 0 Å². The van der Waals surface area contributed by atoms with Crippen LogP contribution in [0.3, 0.4) is 0 Å². The number of sulfonamides is 1. The normalized spacial score (nSPS) is 16.9. The Kier molecular flexibility index (Phi) is 2.39. The Morgan fingerprint density at radius 2 is 2.06 bits per heavy atom. The molecule has 0 aliphatic carbocycles. The van der Waals surface area contributed by atoms with Crippen LogP contribution in [0.25, 0.3) is 0 Å². The van der Waals surface area contributed by atoms with Crippen molar-refractivity contribution in [2.24, 2.45) is 10.1 Å². The molecule has 1 heterocycles. The molecular weight excluding hydrogens is 230 g/mol. The predicted octanol–water partition coefficient (Wildman–Crippen LogP) is -0.291. The maximum absolute atomic E-state index is 11.6. The summed E-state index contributed by atoms with van der Waals surface area (Å²) >= 11 is 0. The van der Waals surface area contributed by atoms with Crippen LogP contribution < -0.4 is 10.6 Å². The van der Waals surface area contributed by atoms with Crippen molar-refractivity contribution >= 4 is 28.0 Å². The van der Waals surface area contributed by atoms with Gasteiger partial charge in [0.15, 0.2) is 0 Å². The Morgan fingerprint density at radius 3 is 2.75 bits per heavy atom. The van der Waals surface area contributed by atoms with Gasteiger partial charge >= 0.3 is 0 Å². The minimum Gasteiger partial charge on any atom is -0.368 e. The number of amides is 1. The first-order valence-corrected chi connectivity index (χ1v) is 5.89. The summed E-state index contributed by atoms with van der Waals surface area (Å²) in [5, 5.41) is 0. The number of anilines is 1. The topological polar surface area (TPSA) is 92.8 Å². The Labute approximate surface area is 92.4 Å². The minimum absolute atomic E-state index is 0.0822. The van der Waals surface area contributed by atoms with E-state index in [0.717, 1.165) is 6.34 Å². The second-order valence-corrected chi connectivity index (χ2v) is 4.86. The number of carbonyl (C=O) groups is 1. The molecule has 0 spiro atoms. The van der Waals surface area contributed by atoms with E-state index in [1.54, 1.807) is 18.2 Å². The summed E-state index contributed by atoms with van der Waals surface area (Å²) in [6.07, 6.45) is 1.10. The van der Waals surface area contributed by atoms with E-state index >= 15 is 0 Å². The lowest BCUT2D eigenvalue weighted by Crippen LogP contribution is -2.35. The van der Waals surface area contributed by atoms with E-state index in [2.05, 4.69) is 4.40 Å². The summed E-state index contributed by atoms with van der Waals surface area (Å²) < 4.78 is 26.5. The second-order valence-electron chi connectivity index (χ2n) is 3.26. The molecule has 1 aromatic rings. The number of para-hydroxylation sites is 1. The molecule has 1 amide bonds. The van der Waals surface area contributed by atoms with Crippen molar-refractivity contribution in [3.05, 3.63) is 24.3 Å². The molecule has 0 bridgehead atoms. The SMILES string of the molecule is NC(=O)CN1C=NS(=O)(=O)c2ccccc21. The number of carbonyl (C=O) groups excluding carboxylic acids is 1. The first-order chi connectivity index (χ1) is 7.50. The van der Waals surface area contributed by atoms with Gasteiger partial charge in [0.2, 0.25) is 5.91 Å². The van der Waals surface area contributed by atoms with E-state index in [1.165, 1.54) is 11.0 Å². The molecule has 0 aromatic heterocycles. The number of benzene rings is 1. The Morgan fingerprint density at radius 1 is 1.38 bits per heavy atom. The van der Waals surface area contributed by atoms with Gasteiger partial charge in [-0.2, -0.15) is 8.42 Å². The standard InChI is InChI=1S/C9H9N3O3S/c10-9(13)5-12-6-11-16(14,15)8-4-2-1-3-7(8)12/h1-4,6H,5H2,(H2,10,13). The summed E-state index contributed by atoms with van der Waals surface area (Å²) in [5.74, 6) is -0.555. The van der Waals surface area contributed by atoms with Gasteiger partial charge < -0.3 is 10.6 Å². The van der Waals surface area contributed by atoms with Crippen molar-refractivity contribution in [1.29, 1.82) is 0 Å². The van der Waals surface area contributed by atoms with E-state index in [4.69, 9.17) is 5.73 Å². The van der Waals surface area contributed by atoms with E-state index in [-0.39, 0.29) is 11.4 Å². The lowest BCUT2D eigenvalue weighted by molar-refractivity contribution is -0.116. The molecule has 7 heteroatoms.